The van der Waals surface area contributed by atoms with Crippen LogP contribution in [0.4, 0.5) is 0 Å². The summed E-state index contributed by atoms with van der Waals surface area (Å²) < 4.78 is 0. The summed E-state index contributed by atoms with van der Waals surface area (Å²) in [5.41, 5.74) is 0.835. The molecule has 2 aliphatic rings. The Hall–Kier alpha value is -0.0400. The van der Waals surface area contributed by atoms with Gasteiger partial charge in [-0.25, -0.2) is 0 Å². The Kier molecular flexibility index (Phi) is 3.78. The number of hydrogen-bond acceptors (Lipinski definition) is 1. The van der Waals surface area contributed by atoms with Crippen LogP contribution in [0.15, 0.2) is 0 Å². The highest BCUT2D eigenvalue weighted by Gasteiger charge is 2.52. The van der Waals surface area contributed by atoms with Crippen molar-refractivity contribution in [2.24, 2.45) is 11.3 Å². The summed E-state index contributed by atoms with van der Waals surface area (Å²) in [6, 6.07) is 0. The SMILES string of the molecule is CC.CCC1CC12CCN(C)CC2. The van der Waals surface area contributed by atoms with E-state index in [1.165, 1.54) is 38.8 Å². The van der Waals surface area contributed by atoms with Crippen LogP contribution in [0.5, 0.6) is 0 Å². The molecule has 0 amide bonds. The van der Waals surface area contributed by atoms with E-state index in [-0.39, 0.29) is 0 Å². The van der Waals surface area contributed by atoms with Crippen LogP contribution < -0.4 is 0 Å². The third kappa shape index (κ3) is 2.25. The van der Waals surface area contributed by atoms with Gasteiger partial charge in [-0.1, -0.05) is 27.2 Å². The van der Waals surface area contributed by atoms with E-state index in [1.807, 2.05) is 13.8 Å². The molecule has 1 atom stereocenters. The molecule has 1 spiro atoms. The third-order valence-electron chi connectivity index (χ3n) is 3.83. The van der Waals surface area contributed by atoms with Crippen molar-refractivity contribution >= 4 is 0 Å². The first-order valence-electron chi connectivity index (χ1n) is 5.95. The first kappa shape index (κ1) is 11.0. The molecule has 1 unspecified atom stereocenters. The Morgan fingerprint density at radius 1 is 1.23 bits per heavy atom. The Balaban J connectivity index is 0.000000396. The van der Waals surface area contributed by atoms with Gasteiger partial charge in [0.2, 0.25) is 0 Å². The lowest BCUT2D eigenvalue weighted by atomic mass is 9.90. The zero-order chi connectivity index (χ0) is 9.90. The largest absolute Gasteiger partial charge is 0.306 e. The summed E-state index contributed by atoms with van der Waals surface area (Å²) in [5, 5.41) is 0. The predicted molar refractivity (Wildman–Crippen MR) is 58.9 cm³/mol. The molecule has 0 radical (unpaired) electrons. The summed E-state index contributed by atoms with van der Waals surface area (Å²) >= 11 is 0. The average molecular weight is 183 g/mol. The van der Waals surface area contributed by atoms with Gasteiger partial charge in [0.15, 0.2) is 0 Å². The summed E-state index contributed by atoms with van der Waals surface area (Å²) in [6.45, 7) is 9.03. The fourth-order valence-corrected chi connectivity index (χ4v) is 2.69. The van der Waals surface area contributed by atoms with Crippen LogP contribution in [0.3, 0.4) is 0 Å². The van der Waals surface area contributed by atoms with Gasteiger partial charge >= 0.3 is 0 Å². The number of likely N-dealkylation sites (tertiary alicyclic amines) is 1. The molecule has 2 fully saturated rings. The molecule has 1 aliphatic heterocycles. The van der Waals surface area contributed by atoms with Crippen molar-refractivity contribution < 1.29 is 0 Å². The van der Waals surface area contributed by atoms with Gasteiger partial charge in [-0.15, -0.1) is 0 Å². The van der Waals surface area contributed by atoms with E-state index in [0.29, 0.717) is 0 Å². The molecule has 2 rings (SSSR count). The molecular weight excluding hydrogens is 158 g/mol. The molecule has 1 heterocycles. The summed E-state index contributed by atoms with van der Waals surface area (Å²) in [6.07, 6.45) is 5.91. The maximum Gasteiger partial charge on any atom is -0.00164 e. The van der Waals surface area contributed by atoms with Gasteiger partial charge in [-0.3, -0.25) is 0 Å². The number of rotatable bonds is 1. The molecular formula is C12H25N. The molecule has 1 saturated carbocycles. The average Bonchev–Trinajstić information content (AvgIpc) is 2.88. The van der Waals surface area contributed by atoms with E-state index in [4.69, 9.17) is 0 Å². The molecule has 0 aromatic carbocycles. The van der Waals surface area contributed by atoms with Gasteiger partial charge in [0.1, 0.15) is 0 Å². The second-order valence-electron chi connectivity index (χ2n) is 4.47. The fraction of sp³-hybridized carbons (Fsp3) is 1.00. The van der Waals surface area contributed by atoms with Crippen LogP contribution in [0.25, 0.3) is 0 Å². The van der Waals surface area contributed by atoms with Crippen molar-refractivity contribution in [2.45, 2.75) is 46.5 Å². The highest BCUT2D eigenvalue weighted by atomic mass is 15.1. The van der Waals surface area contributed by atoms with E-state index in [1.54, 1.807) is 0 Å². The van der Waals surface area contributed by atoms with E-state index in [9.17, 15) is 0 Å². The van der Waals surface area contributed by atoms with Crippen molar-refractivity contribution in [3.05, 3.63) is 0 Å². The maximum absolute atomic E-state index is 2.47. The molecule has 0 N–H and O–H groups in total. The Labute approximate surface area is 83.5 Å². The van der Waals surface area contributed by atoms with Crippen molar-refractivity contribution in [1.29, 1.82) is 0 Å². The van der Waals surface area contributed by atoms with Gasteiger partial charge in [0.25, 0.3) is 0 Å². The monoisotopic (exact) mass is 183 g/mol. The van der Waals surface area contributed by atoms with Gasteiger partial charge < -0.3 is 4.90 Å². The van der Waals surface area contributed by atoms with Crippen molar-refractivity contribution in [3.63, 3.8) is 0 Å². The van der Waals surface area contributed by atoms with Gasteiger partial charge in [0.05, 0.1) is 0 Å². The molecule has 1 saturated heterocycles. The van der Waals surface area contributed by atoms with Crippen LogP contribution in [0.2, 0.25) is 0 Å². The van der Waals surface area contributed by atoms with Crippen LogP contribution in [0.1, 0.15) is 46.5 Å². The molecule has 13 heavy (non-hydrogen) atoms. The van der Waals surface area contributed by atoms with E-state index < -0.39 is 0 Å². The van der Waals surface area contributed by atoms with Crippen LogP contribution in [0, 0.1) is 11.3 Å². The van der Waals surface area contributed by atoms with Crippen LogP contribution in [-0.2, 0) is 0 Å². The molecule has 1 heteroatoms. The van der Waals surface area contributed by atoms with Crippen molar-refractivity contribution in [2.75, 3.05) is 20.1 Å². The topological polar surface area (TPSA) is 3.24 Å². The Morgan fingerprint density at radius 2 is 1.77 bits per heavy atom. The maximum atomic E-state index is 2.47. The molecule has 1 aliphatic carbocycles. The second kappa shape index (κ2) is 4.45. The smallest absolute Gasteiger partial charge is 0.00164 e. The summed E-state index contributed by atoms with van der Waals surface area (Å²) in [7, 11) is 2.25. The third-order valence-corrected chi connectivity index (χ3v) is 3.83. The minimum atomic E-state index is 0.835. The number of piperidine rings is 1. The van der Waals surface area contributed by atoms with E-state index >= 15 is 0 Å². The lowest BCUT2D eigenvalue weighted by Crippen LogP contribution is -2.31. The lowest BCUT2D eigenvalue weighted by Gasteiger charge is -2.29. The lowest BCUT2D eigenvalue weighted by molar-refractivity contribution is 0.192. The molecule has 0 bridgehead atoms. The van der Waals surface area contributed by atoms with Gasteiger partial charge in [-0.05, 0) is 50.7 Å². The van der Waals surface area contributed by atoms with Gasteiger partial charge in [-0.2, -0.15) is 0 Å². The minimum Gasteiger partial charge on any atom is -0.306 e. The second-order valence-corrected chi connectivity index (χ2v) is 4.47. The summed E-state index contributed by atoms with van der Waals surface area (Å²) in [4.78, 5) is 2.47. The van der Waals surface area contributed by atoms with Crippen molar-refractivity contribution in [1.82, 2.24) is 4.90 Å². The molecule has 78 valence electrons. The standard InChI is InChI=1S/C10H19N.C2H6/c1-3-9-8-10(9)4-6-11(2)7-5-10;1-2/h9H,3-8H2,1-2H3;1-2H3. The predicted octanol–water partition coefficient (Wildman–Crippen LogP) is 3.15. The first-order chi connectivity index (χ1) is 6.27. The summed E-state index contributed by atoms with van der Waals surface area (Å²) in [5.74, 6) is 1.09. The Bertz CT molecular complexity index is 145. The van der Waals surface area contributed by atoms with Crippen LogP contribution >= 0.6 is 0 Å². The molecule has 0 aromatic rings. The van der Waals surface area contributed by atoms with Gasteiger partial charge in [0, 0.05) is 0 Å². The quantitative estimate of drug-likeness (QED) is 0.603. The molecule has 1 nitrogen and oxygen atoms in total. The fourth-order valence-electron chi connectivity index (χ4n) is 2.69. The normalized spacial score (nSPS) is 30.9. The highest BCUT2D eigenvalue weighted by Crippen LogP contribution is 2.60. The van der Waals surface area contributed by atoms with Crippen molar-refractivity contribution in [3.8, 4) is 0 Å². The first-order valence-corrected chi connectivity index (χ1v) is 5.95. The minimum absolute atomic E-state index is 0.835. The Morgan fingerprint density at radius 3 is 2.15 bits per heavy atom. The van der Waals surface area contributed by atoms with E-state index in [0.717, 1.165) is 11.3 Å². The highest BCUT2D eigenvalue weighted by molar-refractivity contribution is 5.03. The number of nitrogens with zero attached hydrogens (tertiary/aromatic N) is 1. The molecule has 0 aromatic heterocycles. The zero-order valence-electron chi connectivity index (χ0n) is 9.77. The number of hydrogen-bond donors (Lipinski definition) is 0. The van der Waals surface area contributed by atoms with E-state index in [2.05, 4.69) is 18.9 Å². The van der Waals surface area contributed by atoms with Crippen LogP contribution in [-0.4, -0.2) is 25.0 Å². The zero-order valence-corrected chi connectivity index (χ0v) is 9.77.